The Hall–Kier alpha value is -4.92. The summed E-state index contributed by atoms with van der Waals surface area (Å²) in [6, 6.07) is 11.8. The number of rotatable bonds is 5. The van der Waals surface area contributed by atoms with Crippen molar-refractivity contribution in [3.63, 3.8) is 0 Å². The number of H-pyrrole nitrogens is 2. The van der Waals surface area contributed by atoms with Gasteiger partial charge in [-0.25, -0.2) is 0 Å². The summed E-state index contributed by atoms with van der Waals surface area (Å²) >= 11 is 0. The molecule has 0 spiro atoms. The first-order valence-corrected chi connectivity index (χ1v) is 11.7. The van der Waals surface area contributed by atoms with Crippen LogP contribution in [0.5, 0.6) is 0 Å². The fourth-order valence-corrected chi connectivity index (χ4v) is 4.44. The number of amides is 1. The van der Waals surface area contributed by atoms with Crippen LogP contribution in [0.3, 0.4) is 0 Å². The van der Waals surface area contributed by atoms with Crippen LogP contribution in [-0.2, 0) is 4.79 Å². The summed E-state index contributed by atoms with van der Waals surface area (Å²) in [5.74, 6) is 0.177. The largest absolute Gasteiger partial charge is 0.353 e. The highest BCUT2D eigenvalue weighted by molar-refractivity contribution is 6.00. The van der Waals surface area contributed by atoms with Gasteiger partial charge in [-0.3, -0.25) is 29.8 Å². The maximum Gasteiger partial charge on any atom is 0.227 e. The normalized spacial score (nSPS) is 13.3. The van der Waals surface area contributed by atoms with Gasteiger partial charge in [-0.05, 0) is 49.2 Å². The van der Waals surface area contributed by atoms with Gasteiger partial charge in [0.2, 0.25) is 5.91 Å². The average molecular weight is 473 g/mol. The lowest BCUT2D eigenvalue weighted by molar-refractivity contribution is -0.117. The van der Waals surface area contributed by atoms with Crippen LogP contribution in [0, 0.1) is 5.92 Å². The van der Waals surface area contributed by atoms with Gasteiger partial charge in [0, 0.05) is 58.1 Å². The van der Waals surface area contributed by atoms with Gasteiger partial charge >= 0.3 is 0 Å². The van der Waals surface area contributed by atoms with Crippen LogP contribution in [0.2, 0.25) is 0 Å². The molecule has 0 unspecified atom stereocenters. The molecule has 0 aliphatic heterocycles. The van der Waals surface area contributed by atoms with Crippen molar-refractivity contribution < 1.29 is 4.79 Å². The first kappa shape index (κ1) is 20.5. The molecule has 6 heterocycles. The zero-order valence-corrected chi connectivity index (χ0v) is 19.1. The highest BCUT2D eigenvalue weighted by Gasteiger charge is 2.29. The smallest absolute Gasteiger partial charge is 0.227 e. The van der Waals surface area contributed by atoms with Gasteiger partial charge in [0.25, 0.3) is 0 Å². The fourth-order valence-electron chi connectivity index (χ4n) is 4.44. The van der Waals surface area contributed by atoms with Crippen molar-refractivity contribution in [2.45, 2.75) is 12.8 Å². The maximum absolute atomic E-state index is 12.2. The Balaban J connectivity index is 1.28. The molecule has 7 rings (SSSR count). The third-order valence-electron chi connectivity index (χ3n) is 6.45. The topological polar surface area (TPSA) is 125 Å². The highest BCUT2D eigenvalue weighted by Crippen LogP contribution is 2.34. The second kappa shape index (κ2) is 8.09. The maximum atomic E-state index is 12.2. The summed E-state index contributed by atoms with van der Waals surface area (Å²) in [5.41, 5.74) is 7.58. The van der Waals surface area contributed by atoms with Crippen LogP contribution in [0.4, 0.5) is 5.69 Å². The van der Waals surface area contributed by atoms with E-state index in [0.717, 1.165) is 68.6 Å². The van der Waals surface area contributed by atoms with Crippen LogP contribution in [0.15, 0.2) is 73.6 Å². The third kappa shape index (κ3) is 3.58. The van der Waals surface area contributed by atoms with E-state index in [0.29, 0.717) is 5.69 Å². The van der Waals surface area contributed by atoms with Gasteiger partial charge in [0.1, 0.15) is 5.69 Å². The number of aromatic nitrogens is 7. The quantitative estimate of drug-likeness (QED) is 0.325. The Kier molecular flexibility index (Phi) is 4.60. The molecular weight excluding hydrogens is 452 g/mol. The number of carbonyl (C=O) groups excluding carboxylic acids is 1. The SMILES string of the molecule is O=C(Nc1cncc(-c2cc3c(-c4cc5c(-c6ccncc6)nccc5[nH]4)n[nH]c3cn2)c1)C1CC1. The highest BCUT2D eigenvalue weighted by atomic mass is 16.2. The van der Waals surface area contributed by atoms with Gasteiger partial charge < -0.3 is 10.3 Å². The Bertz CT molecular complexity index is 1750. The van der Waals surface area contributed by atoms with Crippen LogP contribution >= 0.6 is 0 Å². The summed E-state index contributed by atoms with van der Waals surface area (Å²) in [4.78, 5) is 33.3. The van der Waals surface area contributed by atoms with E-state index < -0.39 is 0 Å². The number of carbonyl (C=O) groups is 1. The Morgan fingerprint density at radius 1 is 0.833 bits per heavy atom. The predicted octanol–water partition coefficient (Wildman–Crippen LogP) is 4.97. The molecule has 9 nitrogen and oxygen atoms in total. The minimum Gasteiger partial charge on any atom is -0.353 e. The molecule has 0 atom stereocenters. The molecule has 3 N–H and O–H groups in total. The van der Waals surface area contributed by atoms with Crippen molar-refractivity contribution in [2.75, 3.05) is 5.32 Å². The molecule has 1 fully saturated rings. The van der Waals surface area contributed by atoms with Crippen molar-refractivity contribution in [1.29, 1.82) is 0 Å². The number of pyridine rings is 4. The van der Waals surface area contributed by atoms with Gasteiger partial charge in [-0.2, -0.15) is 5.10 Å². The minimum atomic E-state index is 0.0499. The molecule has 1 aliphatic carbocycles. The molecule has 0 radical (unpaired) electrons. The molecule has 0 aromatic carbocycles. The average Bonchev–Trinajstić information content (AvgIpc) is 3.55. The second-order valence-electron chi connectivity index (χ2n) is 8.95. The lowest BCUT2D eigenvalue weighted by atomic mass is 10.1. The number of hydrogen-bond donors (Lipinski definition) is 3. The number of nitrogens with one attached hydrogen (secondary N) is 3. The first-order chi connectivity index (χ1) is 17.7. The Morgan fingerprint density at radius 2 is 1.69 bits per heavy atom. The lowest BCUT2D eigenvalue weighted by Crippen LogP contribution is -2.13. The second-order valence-corrected chi connectivity index (χ2v) is 8.95. The van der Waals surface area contributed by atoms with E-state index in [1.165, 1.54) is 0 Å². The molecule has 1 saturated carbocycles. The standard InChI is InChI=1S/C27H20N8O/c36-27(16-1-2-16)32-18-9-17(12-29-13-18)22-10-20-24(14-31-22)34-35-26(20)23-11-19-21(33-23)5-8-30-25(19)15-3-6-28-7-4-15/h3-14,16,33H,1-2H2,(H,32,36)(H,34,35). The van der Waals surface area contributed by atoms with E-state index in [4.69, 9.17) is 0 Å². The van der Waals surface area contributed by atoms with E-state index in [1.54, 1.807) is 37.2 Å². The van der Waals surface area contributed by atoms with Crippen LogP contribution in [0.1, 0.15) is 12.8 Å². The van der Waals surface area contributed by atoms with Gasteiger partial charge in [-0.15, -0.1) is 0 Å². The molecule has 6 aromatic rings. The van der Waals surface area contributed by atoms with Gasteiger partial charge in [0.05, 0.1) is 40.7 Å². The molecule has 36 heavy (non-hydrogen) atoms. The van der Waals surface area contributed by atoms with Crippen molar-refractivity contribution in [3.8, 4) is 33.9 Å². The van der Waals surface area contributed by atoms with Gasteiger partial charge in [0.15, 0.2) is 0 Å². The minimum absolute atomic E-state index is 0.0499. The third-order valence-corrected chi connectivity index (χ3v) is 6.45. The molecular formula is C27H20N8O. The predicted molar refractivity (Wildman–Crippen MR) is 137 cm³/mol. The van der Waals surface area contributed by atoms with Crippen molar-refractivity contribution in [1.82, 2.24) is 35.1 Å². The molecule has 0 saturated heterocycles. The summed E-state index contributed by atoms with van der Waals surface area (Å²) in [6.45, 7) is 0. The Morgan fingerprint density at radius 3 is 2.56 bits per heavy atom. The van der Waals surface area contributed by atoms with E-state index >= 15 is 0 Å². The lowest BCUT2D eigenvalue weighted by Gasteiger charge is -2.06. The fraction of sp³-hybridized carbons (Fsp3) is 0.111. The molecule has 174 valence electrons. The van der Waals surface area contributed by atoms with Crippen LogP contribution in [0.25, 0.3) is 55.7 Å². The zero-order chi connectivity index (χ0) is 24.1. The Labute approximate surface area is 205 Å². The van der Waals surface area contributed by atoms with Crippen molar-refractivity contribution in [3.05, 3.63) is 73.6 Å². The number of aromatic amines is 2. The van der Waals surface area contributed by atoms with Gasteiger partial charge in [-0.1, -0.05) is 0 Å². The zero-order valence-electron chi connectivity index (χ0n) is 19.1. The number of hydrogen-bond acceptors (Lipinski definition) is 6. The number of anilines is 1. The van der Waals surface area contributed by atoms with Crippen LogP contribution < -0.4 is 5.32 Å². The summed E-state index contributed by atoms with van der Waals surface area (Å²) in [5, 5.41) is 12.6. The molecule has 6 aromatic heterocycles. The van der Waals surface area contributed by atoms with Crippen LogP contribution in [-0.4, -0.2) is 41.0 Å². The monoisotopic (exact) mass is 472 g/mol. The number of fused-ring (bicyclic) bond motifs is 2. The van der Waals surface area contributed by atoms with E-state index in [9.17, 15) is 4.79 Å². The summed E-state index contributed by atoms with van der Waals surface area (Å²) < 4.78 is 0. The molecule has 0 bridgehead atoms. The van der Waals surface area contributed by atoms with Crippen molar-refractivity contribution in [2.24, 2.45) is 5.92 Å². The summed E-state index contributed by atoms with van der Waals surface area (Å²) in [6.07, 6.45) is 12.4. The first-order valence-electron chi connectivity index (χ1n) is 11.7. The molecule has 9 heteroatoms. The molecule has 1 amide bonds. The molecule has 1 aliphatic rings. The van der Waals surface area contributed by atoms with E-state index in [2.05, 4.69) is 46.5 Å². The summed E-state index contributed by atoms with van der Waals surface area (Å²) in [7, 11) is 0. The number of nitrogens with zero attached hydrogens (tertiary/aromatic N) is 5. The van der Waals surface area contributed by atoms with Crippen molar-refractivity contribution >= 4 is 33.4 Å². The van der Waals surface area contributed by atoms with E-state index in [1.807, 2.05) is 30.3 Å². The van der Waals surface area contributed by atoms with E-state index in [-0.39, 0.29) is 11.8 Å².